The number of aromatic nitrogens is 2. The normalized spacial score (nSPS) is 17.0. The number of methoxy groups -OCH3 is 2. The van der Waals surface area contributed by atoms with Gasteiger partial charge in [-0.1, -0.05) is 11.2 Å². The van der Waals surface area contributed by atoms with Gasteiger partial charge >= 0.3 is 6.03 Å². The van der Waals surface area contributed by atoms with Crippen LogP contribution in [-0.4, -0.2) is 61.1 Å². The zero-order valence-corrected chi connectivity index (χ0v) is 15.7. The van der Waals surface area contributed by atoms with Crippen LogP contribution in [0.3, 0.4) is 0 Å². The number of morpholine rings is 1. The van der Waals surface area contributed by atoms with Crippen LogP contribution in [0.5, 0.6) is 5.75 Å². The minimum absolute atomic E-state index is 0.196. The quantitative estimate of drug-likeness (QED) is 0.823. The molecule has 9 nitrogen and oxygen atoms in total. The highest BCUT2D eigenvalue weighted by Crippen LogP contribution is 2.25. The molecule has 1 N–H and O–H groups in total. The van der Waals surface area contributed by atoms with Gasteiger partial charge in [-0.2, -0.15) is 4.98 Å². The Morgan fingerprint density at radius 2 is 2.26 bits per heavy atom. The summed E-state index contributed by atoms with van der Waals surface area (Å²) in [5.41, 5.74) is 1.68. The topological polar surface area (TPSA) is 99.0 Å². The van der Waals surface area contributed by atoms with Crippen LogP contribution >= 0.6 is 0 Å². The van der Waals surface area contributed by atoms with Crippen LogP contribution < -0.4 is 10.1 Å². The van der Waals surface area contributed by atoms with E-state index in [1.165, 1.54) is 0 Å². The maximum Gasteiger partial charge on any atom is 0.322 e. The Hall–Kier alpha value is -2.65. The number of hydrogen-bond donors (Lipinski definition) is 1. The largest absolute Gasteiger partial charge is 0.495 e. The molecule has 1 aliphatic heterocycles. The van der Waals surface area contributed by atoms with Crippen molar-refractivity contribution in [3.63, 3.8) is 0 Å². The van der Waals surface area contributed by atoms with Crippen molar-refractivity contribution in [2.75, 3.05) is 39.2 Å². The molecule has 1 aliphatic rings. The van der Waals surface area contributed by atoms with Gasteiger partial charge in [-0.3, -0.25) is 0 Å². The molecular formula is C18H24N4O5. The summed E-state index contributed by atoms with van der Waals surface area (Å²) in [7, 11) is 3.15. The third-order valence-corrected chi connectivity index (χ3v) is 4.21. The monoisotopic (exact) mass is 376 g/mol. The summed E-state index contributed by atoms with van der Waals surface area (Å²) in [5, 5.41) is 6.75. The number of hydrogen-bond acceptors (Lipinski definition) is 7. The summed E-state index contributed by atoms with van der Waals surface area (Å²) < 4.78 is 21.2. The van der Waals surface area contributed by atoms with E-state index in [1.54, 1.807) is 19.1 Å². The summed E-state index contributed by atoms with van der Waals surface area (Å²) >= 11 is 0. The van der Waals surface area contributed by atoms with Gasteiger partial charge in [-0.25, -0.2) is 4.79 Å². The maximum atomic E-state index is 12.7. The van der Waals surface area contributed by atoms with Gasteiger partial charge in [0.2, 0.25) is 5.89 Å². The number of carbonyl (C=O) groups is 1. The fourth-order valence-electron chi connectivity index (χ4n) is 2.90. The SMILES string of the molecule is COCc1noc(C[C@@H]2CN(C(=O)Nc3cc(C)ccc3OC)CCO2)n1. The van der Waals surface area contributed by atoms with Crippen LogP contribution in [0.15, 0.2) is 22.7 Å². The number of carbonyl (C=O) groups excluding carboxylic acids is 1. The van der Waals surface area contributed by atoms with E-state index in [0.29, 0.717) is 55.9 Å². The smallest absolute Gasteiger partial charge is 0.322 e. The third-order valence-electron chi connectivity index (χ3n) is 4.21. The van der Waals surface area contributed by atoms with E-state index >= 15 is 0 Å². The molecule has 0 spiro atoms. The number of amides is 2. The molecule has 9 heteroatoms. The lowest BCUT2D eigenvalue weighted by Crippen LogP contribution is -2.48. The first-order valence-electron chi connectivity index (χ1n) is 8.71. The van der Waals surface area contributed by atoms with Crippen LogP contribution in [0, 0.1) is 6.92 Å². The lowest BCUT2D eigenvalue weighted by Gasteiger charge is -2.32. The summed E-state index contributed by atoms with van der Waals surface area (Å²) in [4.78, 5) is 18.6. The summed E-state index contributed by atoms with van der Waals surface area (Å²) in [5.74, 6) is 1.58. The molecule has 1 aromatic heterocycles. The molecular weight excluding hydrogens is 352 g/mol. The maximum absolute atomic E-state index is 12.7. The van der Waals surface area contributed by atoms with Gasteiger partial charge in [-0.15, -0.1) is 0 Å². The second-order valence-corrected chi connectivity index (χ2v) is 6.31. The highest BCUT2D eigenvalue weighted by Gasteiger charge is 2.26. The summed E-state index contributed by atoms with van der Waals surface area (Å²) in [6.45, 7) is 3.64. The van der Waals surface area contributed by atoms with E-state index in [1.807, 2.05) is 25.1 Å². The van der Waals surface area contributed by atoms with Crippen molar-refractivity contribution in [2.24, 2.45) is 0 Å². The number of nitrogens with zero attached hydrogens (tertiary/aromatic N) is 3. The van der Waals surface area contributed by atoms with Crippen molar-refractivity contribution in [1.29, 1.82) is 0 Å². The molecule has 2 amide bonds. The second kappa shape index (κ2) is 8.83. The predicted molar refractivity (Wildman–Crippen MR) is 96.8 cm³/mol. The van der Waals surface area contributed by atoms with Gasteiger partial charge in [-0.05, 0) is 24.6 Å². The Kier molecular flexibility index (Phi) is 6.25. The first-order chi connectivity index (χ1) is 13.1. The lowest BCUT2D eigenvalue weighted by molar-refractivity contribution is -0.0148. The average Bonchev–Trinajstić information content (AvgIpc) is 3.09. The first kappa shape index (κ1) is 19.1. The van der Waals surface area contributed by atoms with Crippen molar-refractivity contribution < 1.29 is 23.5 Å². The van der Waals surface area contributed by atoms with E-state index in [4.69, 9.17) is 18.7 Å². The Morgan fingerprint density at radius 1 is 1.41 bits per heavy atom. The highest BCUT2D eigenvalue weighted by atomic mass is 16.5. The number of urea groups is 1. The van der Waals surface area contributed by atoms with Crippen LogP contribution in [0.4, 0.5) is 10.5 Å². The van der Waals surface area contributed by atoms with Gasteiger partial charge in [0.05, 0.1) is 31.9 Å². The van der Waals surface area contributed by atoms with Crippen LogP contribution in [-0.2, 0) is 22.5 Å². The Bertz CT molecular complexity index is 779. The average molecular weight is 376 g/mol. The molecule has 146 valence electrons. The van der Waals surface area contributed by atoms with Crippen molar-refractivity contribution >= 4 is 11.7 Å². The standard InChI is InChI=1S/C18H24N4O5/c1-12-4-5-15(25-3)14(8-12)19-18(23)22-6-7-26-13(10-22)9-17-20-16(11-24-2)21-27-17/h4-5,8,13H,6-7,9-11H2,1-3H3,(H,19,23)/t13-/m1/s1. The Labute approximate surface area is 157 Å². The molecule has 3 rings (SSSR count). The number of ether oxygens (including phenoxy) is 3. The zero-order valence-electron chi connectivity index (χ0n) is 15.7. The Balaban J connectivity index is 1.60. The summed E-state index contributed by atoms with van der Waals surface area (Å²) in [6, 6.07) is 5.45. The fourth-order valence-corrected chi connectivity index (χ4v) is 2.90. The molecule has 1 saturated heterocycles. The number of aryl methyl sites for hydroxylation is 1. The minimum Gasteiger partial charge on any atom is -0.495 e. The molecule has 2 heterocycles. The van der Waals surface area contributed by atoms with Gasteiger partial charge in [0.15, 0.2) is 5.82 Å². The fraction of sp³-hybridized carbons (Fsp3) is 0.500. The number of anilines is 1. The lowest BCUT2D eigenvalue weighted by atomic mass is 10.2. The summed E-state index contributed by atoms with van der Waals surface area (Å²) in [6.07, 6.45) is 0.230. The van der Waals surface area contributed by atoms with E-state index in [-0.39, 0.29) is 12.1 Å². The van der Waals surface area contributed by atoms with Crippen LogP contribution in [0.25, 0.3) is 0 Å². The molecule has 1 fully saturated rings. The second-order valence-electron chi connectivity index (χ2n) is 6.31. The molecule has 2 aromatic rings. The number of rotatable bonds is 6. The minimum atomic E-state index is -0.209. The van der Waals surface area contributed by atoms with Gasteiger partial charge in [0, 0.05) is 20.2 Å². The molecule has 1 atom stereocenters. The molecule has 0 aliphatic carbocycles. The molecule has 0 bridgehead atoms. The molecule has 0 unspecified atom stereocenters. The van der Waals surface area contributed by atoms with Crippen molar-refractivity contribution in [3.8, 4) is 5.75 Å². The third kappa shape index (κ3) is 4.95. The van der Waals surface area contributed by atoms with Gasteiger partial charge in [0.25, 0.3) is 0 Å². The highest BCUT2D eigenvalue weighted by molar-refractivity contribution is 5.91. The van der Waals surface area contributed by atoms with Crippen molar-refractivity contribution in [1.82, 2.24) is 15.0 Å². The van der Waals surface area contributed by atoms with E-state index in [2.05, 4.69) is 15.5 Å². The van der Waals surface area contributed by atoms with E-state index < -0.39 is 0 Å². The molecule has 27 heavy (non-hydrogen) atoms. The van der Waals surface area contributed by atoms with E-state index in [0.717, 1.165) is 5.56 Å². The molecule has 1 aromatic carbocycles. The van der Waals surface area contributed by atoms with Crippen LogP contribution in [0.1, 0.15) is 17.3 Å². The number of nitrogens with one attached hydrogen (secondary N) is 1. The first-order valence-corrected chi connectivity index (χ1v) is 8.71. The molecule has 0 radical (unpaired) electrons. The Morgan fingerprint density at radius 3 is 3.04 bits per heavy atom. The van der Waals surface area contributed by atoms with Gasteiger partial charge < -0.3 is 29.0 Å². The van der Waals surface area contributed by atoms with Crippen molar-refractivity contribution in [3.05, 3.63) is 35.5 Å². The number of benzene rings is 1. The van der Waals surface area contributed by atoms with Crippen LogP contribution in [0.2, 0.25) is 0 Å². The van der Waals surface area contributed by atoms with E-state index in [9.17, 15) is 4.79 Å². The zero-order chi connectivity index (χ0) is 19.2. The molecule has 0 saturated carbocycles. The van der Waals surface area contributed by atoms with Gasteiger partial charge in [0.1, 0.15) is 12.4 Å². The predicted octanol–water partition coefficient (Wildman–Crippen LogP) is 2.01. The van der Waals surface area contributed by atoms with Crippen molar-refractivity contribution in [2.45, 2.75) is 26.1 Å².